The summed E-state index contributed by atoms with van der Waals surface area (Å²) in [5, 5.41) is 6.31. The van der Waals surface area contributed by atoms with Crippen molar-refractivity contribution in [3.8, 4) is 16.9 Å². The first-order valence-electron chi connectivity index (χ1n) is 8.28. The molecule has 1 atom stereocenters. The number of rotatable bonds is 6. The lowest BCUT2D eigenvalue weighted by Gasteiger charge is -2.14. The Morgan fingerprint density at radius 1 is 1.38 bits per heavy atom. The lowest BCUT2D eigenvalue weighted by Crippen LogP contribution is -2.20. The van der Waals surface area contributed by atoms with E-state index in [9.17, 15) is 9.18 Å². The summed E-state index contributed by atoms with van der Waals surface area (Å²) in [4.78, 5) is 16.9. The van der Waals surface area contributed by atoms with Crippen LogP contribution in [0.3, 0.4) is 0 Å². The molecule has 1 unspecified atom stereocenters. The zero-order chi connectivity index (χ0) is 18.5. The molecule has 2 aromatic carbocycles. The molecule has 0 saturated carbocycles. The first-order valence-corrected chi connectivity index (χ1v) is 8.28. The van der Waals surface area contributed by atoms with Gasteiger partial charge in [-0.15, -0.1) is 0 Å². The van der Waals surface area contributed by atoms with Gasteiger partial charge < -0.3 is 20.6 Å². The molecule has 0 radical (unpaired) electrons. The number of para-hydroxylation sites is 1. The van der Waals surface area contributed by atoms with E-state index in [0.29, 0.717) is 30.9 Å². The number of amides is 1. The van der Waals surface area contributed by atoms with Gasteiger partial charge in [-0.05, 0) is 23.8 Å². The molecule has 7 heteroatoms. The standard InChI is InChI=1S/C19H20FN3O3/c1-22-19(24)16-7-6-12(8-17(16)20)15-4-2-3-5-18(15)25-11-14-9-13(10-21)23-26-14/h2-8,14H,9-11,21H2,1H3,(H,22,24). The van der Waals surface area contributed by atoms with E-state index in [4.69, 9.17) is 15.3 Å². The summed E-state index contributed by atoms with van der Waals surface area (Å²) in [6.45, 7) is 0.673. The SMILES string of the molecule is CNC(=O)c1ccc(-c2ccccc2OCC2CC(CN)=NO2)cc1F. The number of carbonyl (C=O) groups excluding carboxylic acids is 1. The molecule has 3 N–H and O–H groups in total. The third-order valence-electron chi connectivity index (χ3n) is 4.09. The molecule has 0 saturated heterocycles. The highest BCUT2D eigenvalue weighted by Crippen LogP contribution is 2.31. The average Bonchev–Trinajstić information content (AvgIpc) is 3.14. The molecule has 0 bridgehead atoms. The predicted octanol–water partition coefficient (Wildman–Crippen LogP) is 2.33. The quantitative estimate of drug-likeness (QED) is 0.831. The number of benzene rings is 2. The van der Waals surface area contributed by atoms with E-state index in [1.807, 2.05) is 18.2 Å². The molecule has 0 fully saturated rings. The number of nitrogens with zero attached hydrogens (tertiary/aromatic N) is 1. The van der Waals surface area contributed by atoms with Crippen LogP contribution in [-0.2, 0) is 4.84 Å². The van der Waals surface area contributed by atoms with Crippen LogP contribution in [0.15, 0.2) is 47.6 Å². The Kier molecular flexibility index (Phi) is 5.48. The van der Waals surface area contributed by atoms with Crippen LogP contribution >= 0.6 is 0 Å². The van der Waals surface area contributed by atoms with Gasteiger partial charge in [-0.3, -0.25) is 4.79 Å². The third kappa shape index (κ3) is 3.83. The van der Waals surface area contributed by atoms with Crippen molar-refractivity contribution in [2.75, 3.05) is 20.2 Å². The van der Waals surface area contributed by atoms with Gasteiger partial charge in [0.25, 0.3) is 5.91 Å². The van der Waals surface area contributed by atoms with Gasteiger partial charge in [-0.25, -0.2) is 4.39 Å². The first-order chi connectivity index (χ1) is 12.6. The molecule has 0 spiro atoms. The van der Waals surface area contributed by atoms with Crippen molar-refractivity contribution < 1.29 is 18.8 Å². The van der Waals surface area contributed by atoms with Gasteiger partial charge in [-0.2, -0.15) is 0 Å². The molecule has 1 amide bonds. The van der Waals surface area contributed by atoms with Crippen molar-refractivity contribution in [1.29, 1.82) is 0 Å². The Morgan fingerprint density at radius 3 is 2.88 bits per heavy atom. The van der Waals surface area contributed by atoms with Crippen LogP contribution < -0.4 is 15.8 Å². The minimum atomic E-state index is -0.586. The smallest absolute Gasteiger partial charge is 0.253 e. The van der Waals surface area contributed by atoms with Crippen molar-refractivity contribution in [3.63, 3.8) is 0 Å². The number of halogens is 1. The fourth-order valence-corrected chi connectivity index (χ4v) is 2.71. The fourth-order valence-electron chi connectivity index (χ4n) is 2.71. The van der Waals surface area contributed by atoms with Crippen molar-refractivity contribution in [2.45, 2.75) is 12.5 Å². The van der Waals surface area contributed by atoms with Crippen molar-refractivity contribution in [3.05, 3.63) is 53.8 Å². The number of hydrogen-bond acceptors (Lipinski definition) is 5. The molecular formula is C19H20FN3O3. The van der Waals surface area contributed by atoms with Gasteiger partial charge in [0.2, 0.25) is 0 Å². The van der Waals surface area contributed by atoms with E-state index in [1.54, 1.807) is 12.1 Å². The van der Waals surface area contributed by atoms with Gasteiger partial charge in [0, 0.05) is 25.6 Å². The third-order valence-corrected chi connectivity index (χ3v) is 4.09. The minimum Gasteiger partial charge on any atom is -0.489 e. The highest BCUT2D eigenvalue weighted by atomic mass is 19.1. The molecule has 1 aliphatic heterocycles. The van der Waals surface area contributed by atoms with Crippen molar-refractivity contribution in [1.82, 2.24) is 5.32 Å². The molecule has 0 aromatic heterocycles. The Bertz CT molecular complexity index is 839. The summed E-state index contributed by atoms with van der Waals surface area (Å²) in [7, 11) is 1.46. The molecule has 6 nitrogen and oxygen atoms in total. The van der Waals surface area contributed by atoms with Crippen LogP contribution in [0.5, 0.6) is 5.75 Å². The number of hydrogen-bond donors (Lipinski definition) is 2. The minimum absolute atomic E-state index is 0.000433. The summed E-state index contributed by atoms with van der Waals surface area (Å²) in [6, 6.07) is 11.8. The maximum Gasteiger partial charge on any atom is 0.253 e. The summed E-state index contributed by atoms with van der Waals surface area (Å²) in [6.07, 6.45) is 0.447. The lowest BCUT2D eigenvalue weighted by molar-refractivity contribution is 0.0472. The summed E-state index contributed by atoms with van der Waals surface area (Å²) in [5.41, 5.74) is 7.70. The van der Waals surface area contributed by atoms with E-state index in [1.165, 1.54) is 19.2 Å². The summed E-state index contributed by atoms with van der Waals surface area (Å²) >= 11 is 0. The number of nitrogens with one attached hydrogen (secondary N) is 1. The number of nitrogens with two attached hydrogens (primary N) is 1. The molecule has 1 aliphatic rings. The second kappa shape index (κ2) is 7.97. The Hall–Kier alpha value is -2.93. The van der Waals surface area contributed by atoms with Gasteiger partial charge in [0.05, 0.1) is 11.3 Å². The monoisotopic (exact) mass is 357 g/mol. The maximum atomic E-state index is 14.3. The highest BCUT2D eigenvalue weighted by Gasteiger charge is 2.21. The van der Waals surface area contributed by atoms with E-state index < -0.39 is 11.7 Å². The van der Waals surface area contributed by atoms with Crippen LogP contribution in [0.25, 0.3) is 11.1 Å². The Balaban J connectivity index is 1.77. The number of ether oxygens (including phenoxy) is 1. The normalized spacial score (nSPS) is 16.0. The number of oxime groups is 1. The van der Waals surface area contributed by atoms with Crippen LogP contribution in [0.2, 0.25) is 0 Å². The van der Waals surface area contributed by atoms with E-state index >= 15 is 0 Å². The maximum absolute atomic E-state index is 14.3. The van der Waals surface area contributed by atoms with Gasteiger partial charge in [0.15, 0.2) is 6.10 Å². The average molecular weight is 357 g/mol. The zero-order valence-electron chi connectivity index (χ0n) is 14.4. The zero-order valence-corrected chi connectivity index (χ0v) is 14.4. The Labute approximate surface area is 150 Å². The highest BCUT2D eigenvalue weighted by molar-refractivity contribution is 5.94. The van der Waals surface area contributed by atoms with Crippen LogP contribution in [0, 0.1) is 5.82 Å². The molecule has 136 valence electrons. The summed E-state index contributed by atoms with van der Waals surface area (Å²) in [5.74, 6) is -0.450. The van der Waals surface area contributed by atoms with E-state index in [0.717, 1.165) is 11.3 Å². The molecule has 3 rings (SSSR count). The second-order valence-electron chi connectivity index (χ2n) is 5.87. The Morgan fingerprint density at radius 2 is 2.19 bits per heavy atom. The predicted molar refractivity (Wildman–Crippen MR) is 96.7 cm³/mol. The fraction of sp³-hybridized carbons (Fsp3) is 0.263. The molecule has 0 aliphatic carbocycles. The molecule has 2 aromatic rings. The van der Waals surface area contributed by atoms with E-state index in [2.05, 4.69) is 10.5 Å². The number of carbonyl (C=O) groups is 1. The first kappa shape index (κ1) is 17.9. The lowest BCUT2D eigenvalue weighted by atomic mass is 10.0. The van der Waals surface area contributed by atoms with Crippen molar-refractivity contribution in [2.24, 2.45) is 10.9 Å². The van der Waals surface area contributed by atoms with Gasteiger partial charge in [0.1, 0.15) is 18.2 Å². The van der Waals surface area contributed by atoms with E-state index in [-0.39, 0.29) is 11.7 Å². The molecule has 26 heavy (non-hydrogen) atoms. The largest absolute Gasteiger partial charge is 0.489 e. The molecular weight excluding hydrogens is 337 g/mol. The topological polar surface area (TPSA) is 85.9 Å². The second-order valence-corrected chi connectivity index (χ2v) is 5.87. The van der Waals surface area contributed by atoms with Crippen molar-refractivity contribution >= 4 is 11.6 Å². The van der Waals surface area contributed by atoms with Crippen LogP contribution in [0.1, 0.15) is 16.8 Å². The van der Waals surface area contributed by atoms with Gasteiger partial charge in [-0.1, -0.05) is 29.4 Å². The van der Waals surface area contributed by atoms with Gasteiger partial charge >= 0.3 is 0 Å². The molecule has 1 heterocycles. The van der Waals surface area contributed by atoms with Crippen LogP contribution in [0.4, 0.5) is 4.39 Å². The summed E-state index contributed by atoms with van der Waals surface area (Å²) < 4.78 is 20.1. The van der Waals surface area contributed by atoms with Crippen LogP contribution in [-0.4, -0.2) is 37.9 Å².